The molecule has 7 heteroatoms. The van der Waals surface area contributed by atoms with E-state index in [1.165, 1.54) is 0 Å². The third-order valence-electron chi connectivity index (χ3n) is 5.87. The fourth-order valence-electron chi connectivity index (χ4n) is 4.11. The molecule has 5 rings (SSSR count). The van der Waals surface area contributed by atoms with E-state index in [1.54, 1.807) is 19.2 Å². The van der Waals surface area contributed by atoms with Crippen LogP contribution in [-0.2, 0) is 0 Å². The molecule has 1 unspecified atom stereocenters. The Kier molecular flexibility index (Phi) is 5.61. The van der Waals surface area contributed by atoms with Crippen molar-refractivity contribution in [3.63, 3.8) is 0 Å². The number of fused-ring (bicyclic) bond motifs is 1. The predicted octanol–water partition coefficient (Wildman–Crippen LogP) is 3.54. The Bertz CT molecular complexity index is 1330. The van der Waals surface area contributed by atoms with Crippen molar-refractivity contribution in [1.29, 1.82) is 5.26 Å². The van der Waals surface area contributed by atoms with Gasteiger partial charge >= 0.3 is 0 Å². The summed E-state index contributed by atoms with van der Waals surface area (Å²) in [5.41, 5.74) is 12.8. The fourth-order valence-corrected chi connectivity index (χ4v) is 4.11. The molecular weight excluding hydrogens is 412 g/mol. The molecule has 1 atom stereocenters. The quantitative estimate of drug-likeness (QED) is 0.505. The van der Waals surface area contributed by atoms with Gasteiger partial charge < -0.3 is 15.4 Å². The smallest absolute Gasteiger partial charge is 0.118 e. The normalized spacial score (nSPS) is 15.9. The molecule has 0 amide bonds. The zero-order chi connectivity index (χ0) is 22.8. The Balaban J connectivity index is 1.65. The molecule has 1 aromatic heterocycles. The number of nitrogens with zero attached hydrogens (tertiary/aromatic N) is 4. The summed E-state index contributed by atoms with van der Waals surface area (Å²) in [5.74, 6) is 0.784. The van der Waals surface area contributed by atoms with Crippen LogP contribution in [0.2, 0.25) is 0 Å². The molecule has 0 aliphatic carbocycles. The topological polar surface area (TPSA) is 100 Å². The Morgan fingerprint density at radius 1 is 0.970 bits per heavy atom. The van der Waals surface area contributed by atoms with Crippen molar-refractivity contribution in [2.45, 2.75) is 6.17 Å². The molecule has 1 fully saturated rings. The zero-order valence-corrected chi connectivity index (χ0v) is 18.3. The minimum absolute atomic E-state index is 0.0489. The highest BCUT2D eigenvalue weighted by atomic mass is 16.5. The molecule has 164 valence electrons. The van der Waals surface area contributed by atoms with Gasteiger partial charge in [-0.1, -0.05) is 12.1 Å². The van der Waals surface area contributed by atoms with Crippen LogP contribution in [0.1, 0.15) is 5.56 Å². The number of piperazine rings is 1. The molecule has 2 heterocycles. The van der Waals surface area contributed by atoms with Crippen molar-refractivity contribution in [2.24, 2.45) is 5.73 Å². The summed E-state index contributed by atoms with van der Waals surface area (Å²) in [4.78, 5) is 12.3. The number of ether oxygens (including phenoxy) is 1. The lowest BCUT2D eigenvalue weighted by molar-refractivity contribution is 0.415. The second-order valence-electron chi connectivity index (χ2n) is 8.02. The van der Waals surface area contributed by atoms with Gasteiger partial charge in [-0.25, -0.2) is 9.97 Å². The molecule has 4 aromatic rings. The average Bonchev–Trinajstić information content (AvgIpc) is 2.87. The number of aromatic nitrogens is 2. The van der Waals surface area contributed by atoms with Crippen LogP contribution in [0.4, 0.5) is 5.69 Å². The van der Waals surface area contributed by atoms with Gasteiger partial charge in [0.15, 0.2) is 0 Å². The van der Waals surface area contributed by atoms with E-state index in [1.807, 2.05) is 42.5 Å². The molecular formula is C26H24N6O. The lowest BCUT2D eigenvalue weighted by Gasteiger charge is -2.33. The van der Waals surface area contributed by atoms with Gasteiger partial charge in [-0.05, 0) is 54.6 Å². The summed E-state index contributed by atoms with van der Waals surface area (Å²) in [5, 5.41) is 12.5. The van der Waals surface area contributed by atoms with Crippen LogP contribution in [0.25, 0.3) is 33.5 Å². The lowest BCUT2D eigenvalue weighted by Crippen LogP contribution is -2.55. The van der Waals surface area contributed by atoms with Crippen LogP contribution < -0.4 is 20.7 Å². The third kappa shape index (κ3) is 4.22. The molecule has 3 N–H and O–H groups in total. The van der Waals surface area contributed by atoms with Crippen molar-refractivity contribution in [1.82, 2.24) is 15.3 Å². The van der Waals surface area contributed by atoms with Crippen LogP contribution in [0, 0.1) is 11.3 Å². The van der Waals surface area contributed by atoms with Gasteiger partial charge in [0.2, 0.25) is 0 Å². The number of benzene rings is 3. The number of rotatable bonds is 4. The first-order chi connectivity index (χ1) is 16.1. The number of hydrogen-bond acceptors (Lipinski definition) is 7. The molecule has 1 saturated heterocycles. The third-order valence-corrected chi connectivity index (χ3v) is 5.87. The van der Waals surface area contributed by atoms with E-state index in [4.69, 9.17) is 20.4 Å². The molecule has 3 aromatic carbocycles. The van der Waals surface area contributed by atoms with Gasteiger partial charge in [0, 0.05) is 36.4 Å². The van der Waals surface area contributed by atoms with Crippen molar-refractivity contribution < 1.29 is 4.74 Å². The summed E-state index contributed by atoms with van der Waals surface area (Å²) in [6.45, 7) is 2.47. The Morgan fingerprint density at radius 2 is 1.64 bits per heavy atom. The summed E-state index contributed by atoms with van der Waals surface area (Å²) in [6, 6.07) is 23.6. The first-order valence-corrected chi connectivity index (χ1v) is 10.9. The van der Waals surface area contributed by atoms with Gasteiger partial charge in [0.05, 0.1) is 47.3 Å². The van der Waals surface area contributed by atoms with Gasteiger partial charge in [0.25, 0.3) is 0 Å². The molecule has 0 saturated carbocycles. The van der Waals surface area contributed by atoms with Gasteiger partial charge in [-0.15, -0.1) is 0 Å². The minimum atomic E-state index is -0.0489. The van der Waals surface area contributed by atoms with E-state index < -0.39 is 0 Å². The highest BCUT2D eigenvalue weighted by molar-refractivity contribution is 5.88. The Hall–Kier alpha value is -3.99. The summed E-state index contributed by atoms with van der Waals surface area (Å²) >= 11 is 0. The first kappa shape index (κ1) is 20.9. The molecule has 0 bridgehead atoms. The van der Waals surface area contributed by atoms with Crippen molar-refractivity contribution >= 4 is 16.7 Å². The molecule has 1 aliphatic rings. The van der Waals surface area contributed by atoms with E-state index in [2.05, 4.69) is 28.4 Å². The number of hydrogen-bond donors (Lipinski definition) is 2. The number of methoxy groups -OCH3 is 1. The first-order valence-electron chi connectivity index (χ1n) is 10.9. The Labute approximate surface area is 192 Å². The van der Waals surface area contributed by atoms with Crippen LogP contribution in [0.5, 0.6) is 5.75 Å². The maximum Gasteiger partial charge on any atom is 0.118 e. The van der Waals surface area contributed by atoms with E-state index in [0.717, 1.165) is 64.6 Å². The summed E-state index contributed by atoms with van der Waals surface area (Å²) in [7, 11) is 1.65. The van der Waals surface area contributed by atoms with E-state index in [0.29, 0.717) is 5.56 Å². The van der Waals surface area contributed by atoms with E-state index in [-0.39, 0.29) is 6.17 Å². The molecule has 1 aliphatic heterocycles. The molecule has 0 radical (unpaired) electrons. The maximum absolute atomic E-state index is 9.19. The highest BCUT2D eigenvalue weighted by Crippen LogP contribution is 2.33. The second kappa shape index (κ2) is 8.87. The fraction of sp³-hybridized carbons (Fsp3) is 0.192. The van der Waals surface area contributed by atoms with Crippen LogP contribution in [0.3, 0.4) is 0 Å². The number of nitrogens with two attached hydrogens (primary N) is 1. The maximum atomic E-state index is 9.19. The lowest BCUT2D eigenvalue weighted by atomic mass is 10.0. The highest BCUT2D eigenvalue weighted by Gasteiger charge is 2.18. The standard InChI is InChI=1S/C26H24N6O/c1-33-21-9-6-19(7-10-21)25-26(18-4-2-17(15-27)3-5-18)31-23-14-20(8-11-22(23)30-25)32-13-12-29-24(28)16-32/h2-11,14,24,29H,12-13,16,28H2,1H3. The van der Waals surface area contributed by atoms with Crippen molar-refractivity contribution in [2.75, 3.05) is 31.6 Å². The van der Waals surface area contributed by atoms with Gasteiger partial charge in [-0.2, -0.15) is 5.26 Å². The molecule has 33 heavy (non-hydrogen) atoms. The summed E-state index contributed by atoms with van der Waals surface area (Å²) in [6.07, 6.45) is -0.0489. The van der Waals surface area contributed by atoms with Crippen molar-refractivity contribution in [3.05, 3.63) is 72.3 Å². The summed E-state index contributed by atoms with van der Waals surface area (Å²) < 4.78 is 5.31. The zero-order valence-electron chi connectivity index (χ0n) is 18.3. The molecule has 7 nitrogen and oxygen atoms in total. The van der Waals surface area contributed by atoms with Gasteiger partial charge in [0.1, 0.15) is 5.75 Å². The number of anilines is 1. The van der Waals surface area contributed by atoms with Gasteiger partial charge in [-0.3, -0.25) is 5.32 Å². The number of nitrogens with one attached hydrogen (secondary N) is 1. The SMILES string of the molecule is COc1ccc(-c2nc3ccc(N4CCNC(N)C4)cc3nc2-c2ccc(C#N)cc2)cc1. The monoisotopic (exact) mass is 436 g/mol. The van der Waals surface area contributed by atoms with E-state index >= 15 is 0 Å². The average molecular weight is 437 g/mol. The molecule has 0 spiro atoms. The second-order valence-corrected chi connectivity index (χ2v) is 8.02. The van der Waals surface area contributed by atoms with Crippen molar-refractivity contribution in [3.8, 4) is 34.3 Å². The Morgan fingerprint density at radius 3 is 2.27 bits per heavy atom. The largest absolute Gasteiger partial charge is 0.497 e. The predicted molar refractivity (Wildman–Crippen MR) is 130 cm³/mol. The number of nitriles is 1. The van der Waals surface area contributed by atoms with Crippen LogP contribution in [-0.4, -0.2) is 42.9 Å². The minimum Gasteiger partial charge on any atom is -0.497 e. The van der Waals surface area contributed by atoms with E-state index in [9.17, 15) is 5.26 Å². The van der Waals surface area contributed by atoms with Crippen LogP contribution in [0.15, 0.2) is 66.7 Å². The van der Waals surface area contributed by atoms with Crippen LogP contribution >= 0.6 is 0 Å².